The van der Waals surface area contributed by atoms with Crippen LogP contribution in [0.25, 0.3) is 0 Å². The third-order valence-corrected chi connectivity index (χ3v) is 4.00. The molecule has 1 amide bonds. The second kappa shape index (κ2) is 6.51. The third kappa shape index (κ3) is 4.04. The maximum absolute atomic E-state index is 12.2. The minimum atomic E-state index is -0.0645. The van der Waals surface area contributed by atoms with Gasteiger partial charge in [0, 0.05) is 26.5 Å². The Bertz CT molecular complexity index is 571. The average Bonchev–Trinajstić information content (AvgIpc) is 2.84. The maximum Gasteiger partial charge on any atom is 0.252 e. The van der Waals surface area contributed by atoms with Crippen molar-refractivity contribution < 1.29 is 4.79 Å². The van der Waals surface area contributed by atoms with Gasteiger partial charge in [-0.05, 0) is 53.8 Å². The largest absolute Gasteiger partial charge is 0.348 e. The average molecular weight is 434 g/mol. The number of hydrogen-bond acceptors (Lipinski definition) is 2. The van der Waals surface area contributed by atoms with Crippen molar-refractivity contribution in [3.05, 3.63) is 50.3 Å². The zero-order chi connectivity index (χ0) is 13.8. The van der Waals surface area contributed by atoms with Gasteiger partial charge in [0.05, 0.1) is 12.1 Å². The number of rotatable bonds is 4. The van der Waals surface area contributed by atoms with Crippen LogP contribution in [0, 0.1) is 3.57 Å². The van der Waals surface area contributed by atoms with E-state index < -0.39 is 0 Å². The lowest BCUT2D eigenvalue weighted by Crippen LogP contribution is -2.36. The van der Waals surface area contributed by atoms with E-state index in [1.807, 2.05) is 37.4 Å². The van der Waals surface area contributed by atoms with E-state index in [0.717, 1.165) is 8.04 Å². The third-order valence-electron chi connectivity index (χ3n) is 2.57. The van der Waals surface area contributed by atoms with E-state index in [9.17, 15) is 4.79 Å². The molecule has 0 spiro atoms. The second-order valence-corrected chi connectivity index (χ2v) is 6.30. The number of nitrogens with one attached hydrogen (secondary N) is 1. The monoisotopic (exact) mass is 433 g/mol. The molecule has 2 aromatic rings. The summed E-state index contributed by atoms with van der Waals surface area (Å²) in [5, 5.41) is 7.10. The molecule has 0 aliphatic heterocycles. The van der Waals surface area contributed by atoms with Crippen molar-refractivity contribution in [2.45, 2.75) is 19.5 Å². The molecule has 19 heavy (non-hydrogen) atoms. The Balaban J connectivity index is 2.02. The fourth-order valence-corrected chi connectivity index (χ4v) is 2.65. The molecule has 0 unspecified atom stereocenters. The van der Waals surface area contributed by atoms with Gasteiger partial charge in [-0.15, -0.1) is 0 Å². The first-order valence-corrected chi connectivity index (χ1v) is 7.67. The summed E-state index contributed by atoms with van der Waals surface area (Å²) >= 11 is 5.54. The normalized spacial score (nSPS) is 12.2. The van der Waals surface area contributed by atoms with Crippen LogP contribution < -0.4 is 5.32 Å². The predicted molar refractivity (Wildman–Crippen MR) is 86.0 cm³/mol. The Kier molecular flexibility index (Phi) is 4.98. The molecule has 6 heteroatoms. The molecule has 100 valence electrons. The van der Waals surface area contributed by atoms with Crippen molar-refractivity contribution in [1.29, 1.82) is 0 Å². The Hall–Kier alpha value is -0.890. The first kappa shape index (κ1) is 14.5. The molecular formula is C13H13BrIN3O. The Labute approximate surface area is 133 Å². The van der Waals surface area contributed by atoms with Crippen LogP contribution in [0.3, 0.4) is 0 Å². The minimum absolute atomic E-state index is 0.0159. The molecule has 1 aromatic carbocycles. The molecule has 4 nitrogen and oxygen atoms in total. The molecule has 0 bridgehead atoms. The van der Waals surface area contributed by atoms with Gasteiger partial charge in [-0.1, -0.05) is 15.9 Å². The summed E-state index contributed by atoms with van der Waals surface area (Å²) in [5.41, 5.74) is 0.683. The summed E-state index contributed by atoms with van der Waals surface area (Å²) in [4.78, 5) is 12.2. The fourth-order valence-electron chi connectivity index (χ4n) is 1.71. The highest BCUT2D eigenvalue weighted by Gasteiger charge is 2.13. The van der Waals surface area contributed by atoms with Crippen molar-refractivity contribution in [1.82, 2.24) is 15.1 Å². The van der Waals surface area contributed by atoms with Crippen LogP contribution in [-0.4, -0.2) is 21.7 Å². The zero-order valence-corrected chi connectivity index (χ0v) is 14.1. The van der Waals surface area contributed by atoms with Gasteiger partial charge in [0.1, 0.15) is 0 Å². The van der Waals surface area contributed by atoms with Crippen LogP contribution in [0.2, 0.25) is 0 Å². The lowest BCUT2D eigenvalue weighted by atomic mass is 10.2. The number of carbonyl (C=O) groups excluding carboxylic acids is 1. The predicted octanol–water partition coefficient (Wildman–Crippen LogP) is 3.07. The van der Waals surface area contributed by atoms with E-state index in [1.165, 1.54) is 0 Å². The summed E-state index contributed by atoms with van der Waals surface area (Å²) in [5.74, 6) is -0.0645. The van der Waals surface area contributed by atoms with Crippen molar-refractivity contribution in [2.24, 2.45) is 0 Å². The topological polar surface area (TPSA) is 46.9 Å². The molecule has 0 aliphatic carbocycles. The van der Waals surface area contributed by atoms with Gasteiger partial charge in [-0.3, -0.25) is 9.48 Å². The first-order chi connectivity index (χ1) is 9.06. The summed E-state index contributed by atoms with van der Waals surface area (Å²) in [6.07, 6.45) is 3.61. The molecule has 2 rings (SSSR count). The van der Waals surface area contributed by atoms with E-state index in [1.54, 1.807) is 10.9 Å². The standard InChI is InChI=1S/C13H13BrIN3O/c1-9(8-18-6-2-5-16-18)17-13(19)11-7-10(14)3-4-12(11)15/h2-7,9H,8H2,1H3,(H,17,19)/t9-/m0/s1. The van der Waals surface area contributed by atoms with Gasteiger partial charge in [0.2, 0.25) is 0 Å². The van der Waals surface area contributed by atoms with Crippen molar-refractivity contribution in [2.75, 3.05) is 0 Å². The lowest BCUT2D eigenvalue weighted by molar-refractivity contribution is 0.0935. The maximum atomic E-state index is 12.2. The van der Waals surface area contributed by atoms with Crippen LogP contribution in [0.1, 0.15) is 17.3 Å². The molecular weight excluding hydrogens is 421 g/mol. The van der Waals surface area contributed by atoms with Gasteiger partial charge in [0.25, 0.3) is 5.91 Å². The zero-order valence-electron chi connectivity index (χ0n) is 10.3. The number of halogens is 2. The van der Waals surface area contributed by atoms with Gasteiger partial charge >= 0.3 is 0 Å². The van der Waals surface area contributed by atoms with Gasteiger partial charge in [0.15, 0.2) is 0 Å². The fraction of sp³-hybridized carbons (Fsp3) is 0.231. The Morgan fingerprint density at radius 1 is 1.58 bits per heavy atom. The smallest absolute Gasteiger partial charge is 0.252 e. The number of hydrogen-bond donors (Lipinski definition) is 1. The Morgan fingerprint density at radius 3 is 3.05 bits per heavy atom. The van der Waals surface area contributed by atoms with Crippen LogP contribution in [0.4, 0.5) is 0 Å². The molecule has 0 saturated heterocycles. The molecule has 1 atom stereocenters. The summed E-state index contributed by atoms with van der Waals surface area (Å²) < 4.78 is 3.64. The van der Waals surface area contributed by atoms with E-state index in [-0.39, 0.29) is 11.9 Å². The van der Waals surface area contributed by atoms with Gasteiger partial charge in [-0.2, -0.15) is 5.10 Å². The van der Waals surface area contributed by atoms with Gasteiger partial charge in [-0.25, -0.2) is 0 Å². The first-order valence-electron chi connectivity index (χ1n) is 5.79. The van der Waals surface area contributed by atoms with E-state index in [2.05, 4.69) is 48.9 Å². The number of amides is 1. The molecule has 1 aromatic heterocycles. The highest BCUT2D eigenvalue weighted by Crippen LogP contribution is 2.18. The molecule has 1 heterocycles. The summed E-state index contributed by atoms with van der Waals surface area (Å²) in [6.45, 7) is 2.62. The Morgan fingerprint density at radius 2 is 2.37 bits per heavy atom. The number of nitrogens with zero attached hydrogens (tertiary/aromatic N) is 2. The van der Waals surface area contributed by atoms with Crippen LogP contribution in [0.15, 0.2) is 41.1 Å². The number of benzene rings is 1. The summed E-state index contributed by atoms with van der Waals surface area (Å²) in [6, 6.07) is 7.55. The van der Waals surface area contributed by atoms with Gasteiger partial charge < -0.3 is 5.32 Å². The SMILES string of the molecule is C[C@@H](Cn1cccn1)NC(=O)c1cc(Br)ccc1I. The number of aromatic nitrogens is 2. The van der Waals surface area contributed by atoms with E-state index in [0.29, 0.717) is 12.1 Å². The highest BCUT2D eigenvalue weighted by atomic mass is 127. The summed E-state index contributed by atoms with van der Waals surface area (Å²) in [7, 11) is 0. The van der Waals surface area contributed by atoms with Crippen molar-refractivity contribution in [3.63, 3.8) is 0 Å². The minimum Gasteiger partial charge on any atom is -0.348 e. The van der Waals surface area contributed by atoms with Crippen LogP contribution in [-0.2, 0) is 6.54 Å². The molecule has 0 radical (unpaired) electrons. The molecule has 0 aliphatic rings. The van der Waals surface area contributed by atoms with Crippen LogP contribution in [0.5, 0.6) is 0 Å². The van der Waals surface area contributed by atoms with Crippen molar-refractivity contribution in [3.8, 4) is 0 Å². The van der Waals surface area contributed by atoms with Crippen LogP contribution >= 0.6 is 38.5 Å². The molecule has 0 saturated carbocycles. The van der Waals surface area contributed by atoms with Crippen molar-refractivity contribution >= 4 is 44.4 Å². The highest BCUT2D eigenvalue weighted by molar-refractivity contribution is 14.1. The lowest BCUT2D eigenvalue weighted by Gasteiger charge is -2.14. The quantitative estimate of drug-likeness (QED) is 0.753. The van der Waals surface area contributed by atoms with E-state index >= 15 is 0 Å². The number of carbonyl (C=O) groups is 1. The van der Waals surface area contributed by atoms with E-state index in [4.69, 9.17) is 0 Å². The molecule has 1 N–H and O–H groups in total. The molecule has 0 fully saturated rings. The second-order valence-electron chi connectivity index (χ2n) is 4.23.